The highest BCUT2D eigenvalue weighted by Gasteiger charge is 2.31. The molecule has 1 N–H and O–H groups in total. The lowest BCUT2D eigenvalue weighted by atomic mass is 10.1. The molecule has 98 valence electrons. The number of hydrogen-bond acceptors (Lipinski definition) is 4. The van der Waals surface area contributed by atoms with E-state index in [9.17, 15) is 0 Å². The molecule has 1 fully saturated rings. The summed E-state index contributed by atoms with van der Waals surface area (Å²) in [5.41, 5.74) is 0. The molecule has 0 saturated heterocycles. The number of rotatable bonds is 5. The number of fused-ring (bicyclic) bond motifs is 1. The average Bonchev–Trinajstić information content (AvgIpc) is 2.77. The number of amidine groups is 1. The molecule has 0 aromatic rings. The molecule has 0 radical (unpaired) electrons. The molecule has 0 spiro atoms. The van der Waals surface area contributed by atoms with Crippen LogP contribution in [0.4, 0.5) is 0 Å². The van der Waals surface area contributed by atoms with Gasteiger partial charge in [0.25, 0.3) is 0 Å². The fourth-order valence-corrected chi connectivity index (χ4v) is 3.98. The van der Waals surface area contributed by atoms with Crippen molar-refractivity contribution >= 4 is 16.9 Å². The van der Waals surface area contributed by atoms with Gasteiger partial charge in [-0.3, -0.25) is 4.99 Å². The number of hydrogen-bond donors (Lipinski definition) is 1. The molecule has 4 heteroatoms. The lowest BCUT2D eigenvalue weighted by Gasteiger charge is -2.26. The van der Waals surface area contributed by atoms with Crippen LogP contribution in [0, 0.1) is 5.92 Å². The second-order valence-corrected chi connectivity index (χ2v) is 6.10. The van der Waals surface area contributed by atoms with Crippen LogP contribution in [0.1, 0.15) is 39.0 Å². The first kappa shape index (κ1) is 13.2. The van der Waals surface area contributed by atoms with Gasteiger partial charge in [-0.15, -0.1) is 0 Å². The Morgan fingerprint density at radius 3 is 3.18 bits per heavy atom. The zero-order valence-electron chi connectivity index (χ0n) is 10.9. The maximum absolute atomic E-state index is 5.26. The van der Waals surface area contributed by atoms with Gasteiger partial charge in [0.1, 0.15) is 0 Å². The van der Waals surface area contributed by atoms with Gasteiger partial charge in [-0.1, -0.05) is 31.5 Å². The molecule has 0 bridgehead atoms. The van der Waals surface area contributed by atoms with Crippen LogP contribution in [0.15, 0.2) is 4.99 Å². The highest BCUT2D eigenvalue weighted by atomic mass is 32.2. The topological polar surface area (TPSA) is 33.6 Å². The maximum Gasteiger partial charge on any atom is 0.157 e. The molecule has 1 heterocycles. The van der Waals surface area contributed by atoms with Crippen LogP contribution in [-0.4, -0.2) is 36.7 Å². The van der Waals surface area contributed by atoms with Gasteiger partial charge in [-0.25, -0.2) is 0 Å². The summed E-state index contributed by atoms with van der Waals surface area (Å²) >= 11 is 1.90. The zero-order chi connectivity index (χ0) is 12.1. The van der Waals surface area contributed by atoms with Crippen molar-refractivity contribution in [2.24, 2.45) is 10.9 Å². The minimum atomic E-state index is 0.425. The van der Waals surface area contributed by atoms with E-state index in [1.807, 2.05) is 11.8 Å². The first-order valence-electron chi connectivity index (χ1n) is 6.79. The van der Waals surface area contributed by atoms with Crippen molar-refractivity contribution in [3.63, 3.8) is 0 Å². The van der Waals surface area contributed by atoms with Crippen LogP contribution in [-0.2, 0) is 4.74 Å². The van der Waals surface area contributed by atoms with Gasteiger partial charge in [0.15, 0.2) is 5.17 Å². The first-order chi connectivity index (χ1) is 8.33. The molecule has 1 aliphatic carbocycles. The van der Waals surface area contributed by atoms with Crippen molar-refractivity contribution < 1.29 is 4.74 Å². The average molecular weight is 256 g/mol. The number of methoxy groups -OCH3 is 1. The summed E-state index contributed by atoms with van der Waals surface area (Å²) < 4.78 is 5.26. The smallest absolute Gasteiger partial charge is 0.157 e. The molecule has 3 nitrogen and oxygen atoms in total. The summed E-state index contributed by atoms with van der Waals surface area (Å²) in [6, 6.07) is 1.03. The summed E-state index contributed by atoms with van der Waals surface area (Å²) in [7, 11) is 1.77. The summed E-state index contributed by atoms with van der Waals surface area (Å²) in [4.78, 5) is 4.86. The number of thioether (sulfide) groups is 1. The van der Waals surface area contributed by atoms with Crippen LogP contribution in [0.2, 0.25) is 0 Å². The van der Waals surface area contributed by atoms with Crippen LogP contribution in [0.25, 0.3) is 0 Å². The molecule has 2 rings (SSSR count). The number of nitrogens with one attached hydrogen (secondary N) is 1. The van der Waals surface area contributed by atoms with Crippen LogP contribution in [0.3, 0.4) is 0 Å². The quantitative estimate of drug-likeness (QED) is 0.821. The van der Waals surface area contributed by atoms with E-state index in [2.05, 4.69) is 12.2 Å². The Morgan fingerprint density at radius 1 is 1.53 bits per heavy atom. The van der Waals surface area contributed by atoms with Crippen LogP contribution in [0.5, 0.6) is 0 Å². The fraction of sp³-hybridized carbons (Fsp3) is 0.923. The predicted molar refractivity (Wildman–Crippen MR) is 74.7 cm³/mol. The maximum atomic E-state index is 5.26. The van der Waals surface area contributed by atoms with Crippen molar-refractivity contribution in [1.29, 1.82) is 0 Å². The minimum Gasteiger partial charge on any atom is -0.383 e. The highest BCUT2D eigenvalue weighted by molar-refractivity contribution is 8.13. The van der Waals surface area contributed by atoms with E-state index >= 15 is 0 Å². The van der Waals surface area contributed by atoms with E-state index in [4.69, 9.17) is 9.73 Å². The monoisotopic (exact) mass is 256 g/mol. The molecule has 0 amide bonds. The summed E-state index contributed by atoms with van der Waals surface area (Å²) in [6.45, 7) is 2.99. The third-order valence-corrected chi connectivity index (χ3v) is 4.76. The standard InChI is InChI=1S/C13H24N2OS/c1-3-5-11(8-16-2)14-13-15-12-7-4-6-10(12)9-17-13/h10-12H,3-9H2,1-2H3,(H,14,15). The Hall–Kier alpha value is -0.220. The molecule has 0 aromatic carbocycles. The van der Waals surface area contributed by atoms with Gasteiger partial charge in [-0.2, -0.15) is 0 Å². The Kier molecular flexibility index (Phi) is 5.16. The Labute approximate surface area is 109 Å². The summed E-state index contributed by atoms with van der Waals surface area (Å²) in [6.07, 6.45) is 6.37. The van der Waals surface area contributed by atoms with E-state index in [0.29, 0.717) is 12.1 Å². The molecular weight excluding hydrogens is 232 g/mol. The van der Waals surface area contributed by atoms with Gasteiger partial charge in [-0.05, 0) is 25.2 Å². The largest absolute Gasteiger partial charge is 0.383 e. The Balaban J connectivity index is 1.88. The number of aliphatic imine (C=N–C) groups is 1. The van der Waals surface area contributed by atoms with E-state index < -0.39 is 0 Å². The normalized spacial score (nSPS) is 29.6. The summed E-state index contributed by atoms with van der Waals surface area (Å²) in [5.74, 6) is 2.10. The second-order valence-electron chi connectivity index (χ2n) is 5.09. The zero-order valence-corrected chi connectivity index (χ0v) is 11.8. The van der Waals surface area contributed by atoms with E-state index in [1.165, 1.54) is 31.4 Å². The van der Waals surface area contributed by atoms with Crippen molar-refractivity contribution in [3.8, 4) is 0 Å². The van der Waals surface area contributed by atoms with E-state index in [1.54, 1.807) is 7.11 Å². The Bertz CT molecular complexity index is 264. The lowest BCUT2D eigenvalue weighted by Crippen LogP contribution is -2.39. The Morgan fingerprint density at radius 2 is 2.41 bits per heavy atom. The molecule has 0 aromatic heterocycles. The molecule has 3 atom stereocenters. The van der Waals surface area contributed by atoms with Gasteiger partial charge in [0, 0.05) is 12.9 Å². The molecule has 1 aliphatic heterocycles. The lowest BCUT2D eigenvalue weighted by molar-refractivity contribution is 0.170. The van der Waals surface area contributed by atoms with Crippen LogP contribution < -0.4 is 5.32 Å². The third kappa shape index (κ3) is 3.62. The predicted octanol–water partition coefficient (Wildman–Crippen LogP) is 2.66. The van der Waals surface area contributed by atoms with Crippen molar-refractivity contribution in [1.82, 2.24) is 5.32 Å². The number of nitrogens with zero attached hydrogens (tertiary/aromatic N) is 1. The van der Waals surface area contributed by atoms with Crippen molar-refractivity contribution in [2.75, 3.05) is 19.5 Å². The SMILES string of the molecule is CCCC(COC)NC1=NC2CCCC2CS1. The fourth-order valence-electron chi connectivity index (χ4n) is 2.76. The molecular formula is C13H24N2OS. The molecule has 3 unspecified atom stereocenters. The molecule has 17 heavy (non-hydrogen) atoms. The van der Waals surface area contributed by atoms with Crippen molar-refractivity contribution in [2.45, 2.75) is 51.1 Å². The van der Waals surface area contributed by atoms with Crippen molar-refractivity contribution in [3.05, 3.63) is 0 Å². The van der Waals surface area contributed by atoms with Gasteiger partial charge in [0.2, 0.25) is 0 Å². The van der Waals surface area contributed by atoms with Crippen LogP contribution >= 0.6 is 11.8 Å². The van der Waals surface area contributed by atoms with E-state index in [0.717, 1.165) is 24.1 Å². The van der Waals surface area contributed by atoms with Gasteiger partial charge < -0.3 is 10.1 Å². The second kappa shape index (κ2) is 6.64. The highest BCUT2D eigenvalue weighted by Crippen LogP contribution is 2.35. The van der Waals surface area contributed by atoms with E-state index in [-0.39, 0.29) is 0 Å². The van der Waals surface area contributed by atoms with Gasteiger partial charge >= 0.3 is 0 Å². The molecule has 1 saturated carbocycles. The molecule has 2 aliphatic rings. The summed E-state index contributed by atoms with van der Waals surface area (Å²) in [5, 5.41) is 4.71. The third-order valence-electron chi connectivity index (χ3n) is 3.67. The van der Waals surface area contributed by atoms with Gasteiger partial charge in [0.05, 0.1) is 18.7 Å². The first-order valence-corrected chi connectivity index (χ1v) is 7.78. The number of ether oxygens (including phenoxy) is 1. The minimum absolute atomic E-state index is 0.425.